The Morgan fingerprint density at radius 1 is 1.16 bits per heavy atom. The minimum atomic E-state index is 0.370. The van der Waals surface area contributed by atoms with Crippen LogP contribution >= 0.6 is 0 Å². The van der Waals surface area contributed by atoms with Gasteiger partial charge >= 0.3 is 0 Å². The molecule has 2 aromatic heterocycles. The van der Waals surface area contributed by atoms with Gasteiger partial charge in [0.25, 0.3) is 0 Å². The molecule has 100 valence electrons. The third-order valence-electron chi connectivity index (χ3n) is 3.30. The van der Waals surface area contributed by atoms with E-state index < -0.39 is 0 Å². The van der Waals surface area contributed by atoms with Gasteiger partial charge in [0.15, 0.2) is 0 Å². The maximum absolute atomic E-state index is 5.54. The van der Waals surface area contributed by atoms with Gasteiger partial charge in [0.1, 0.15) is 0 Å². The predicted octanol–water partition coefficient (Wildman–Crippen LogP) is 0.104. The largest absolute Gasteiger partial charge is 0.368 e. The van der Waals surface area contributed by atoms with Gasteiger partial charge in [-0.15, -0.1) is 5.10 Å². The topological polar surface area (TPSA) is 87.0 Å². The number of H-pyrrole nitrogens is 1. The Hall–Kier alpha value is -2.15. The fraction of sp³-hybridized carbons (Fsp3) is 0.417. The lowest BCUT2D eigenvalue weighted by atomic mass is 10.2. The third-order valence-corrected chi connectivity index (χ3v) is 3.30. The average Bonchev–Trinajstić information content (AvgIpc) is 2.87. The highest BCUT2D eigenvalue weighted by Gasteiger charge is 2.19. The molecule has 1 fully saturated rings. The van der Waals surface area contributed by atoms with Gasteiger partial charge in [-0.2, -0.15) is 4.98 Å². The maximum Gasteiger partial charge on any atom is 0.246 e. The molecular formula is C12H17N7. The highest BCUT2D eigenvalue weighted by molar-refractivity contribution is 5.34. The van der Waals surface area contributed by atoms with E-state index in [0.29, 0.717) is 11.9 Å². The summed E-state index contributed by atoms with van der Waals surface area (Å²) in [6.45, 7) is 4.80. The maximum atomic E-state index is 5.54. The van der Waals surface area contributed by atoms with Gasteiger partial charge in [-0.3, -0.25) is 9.88 Å². The zero-order chi connectivity index (χ0) is 13.1. The van der Waals surface area contributed by atoms with Gasteiger partial charge in [0, 0.05) is 45.1 Å². The van der Waals surface area contributed by atoms with E-state index in [-0.39, 0.29) is 0 Å². The van der Waals surface area contributed by atoms with Gasteiger partial charge < -0.3 is 10.6 Å². The number of aromatic amines is 1. The summed E-state index contributed by atoms with van der Waals surface area (Å²) in [7, 11) is 0. The van der Waals surface area contributed by atoms with Crippen LogP contribution in [-0.4, -0.2) is 51.2 Å². The van der Waals surface area contributed by atoms with Crippen LogP contribution in [0.1, 0.15) is 5.56 Å². The first-order chi connectivity index (χ1) is 9.31. The monoisotopic (exact) mass is 259 g/mol. The molecule has 1 aliphatic rings. The van der Waals surface area contributed by atoms with Crippen molar-refractivity contribution < 1.29 is 0 Å². The molecule has 3 N–H and O–H groups in total. The van der Waals surface area contributed by atoms with Crippen molar-refractivity contribution in [2.45, 2.75) is 6.54 Å². The molecule has 0 radical (unpaired) electrons. The summed E-state index contributed by atoms with van der Waals surface area (Å²) >= 11 is 0. The number of nitrogens with one attached hydrogen (secondary N) is 1. The molecule has 1 saturated heterocycles. The van der Waals surface area contributed by atoms with Crippen molar-refractivity contribution >= 4 is 11.9 Å². The summed E-state index contributed by atoms with van der Waals surface area (Å²) in [6, 6.07) is 4.12. The van der Waals surface area contributed by atoms with Crippen LogP contribution in [0, 0.1) is 0 Å². The summed E-state index contributed by atoms with van der Waals surface area (Å²) in [5.41, 5.74) is 6.84. The minimum absolute atomic E-state index is 0.370. The average molecular weight is 259 g/mol. The van der Waals surface area contributed by atoms with Crippen molar-refractivity contribution in [1.82, 2.24) is 25.1 Å². The van der Waals surface area contributed by atoms with Gasteiger partial charge in [-0.25, -0.2) is 5.10 Å². The molecular weight excluding hydrogens is 242 g/mol. The smallest absolute Gasteiger partial charge is 0.246 e. The second-order valence-electron chi connectivity index (χ2n) is 4.64. The normalized spacial score (nSPS) is 16.7. The molecule has 7 nitrogen and oxygen atoms in total. The zero-order valence-corrected chi connectivity index (χ0v) is 10.7. The number of anilines is 2. The van der Waals surface area contributed by atoms with Crippen molar-refractivity contribution in [3.8, 4) is 0 Å². The predicted molar refractivity (Wildman–Crippen MR) is 72.5 cm³/mol. The number of nitrogen functional groups attached to an aromatic ring is 1. The number of piperazine rings is 1. The zero-order valence-electron chi connectivity index (χ0n) is 10.7. The highest BCUT2D eigenvalue weighted by Crippen LogP contribution is 2.13. The molecule has 19 heavy (non-hydrogen) atoms. The fourth-order valence-electron chi connectivity index (χ4n) is 2.26. The van der Waals surface area contributed by atoms with E-state index >= 15 is 0 Å². The van der Waals surface area contributed by atoms with Crippen LogP contribution in [0.25, 0.3) is 0 Å². The van der Waals surface area contributed by atoms with E-state index in [1.807, 2.05) is 12.4 Å². The SMILES string of the molecule is Nc1nc(N2CCN(Cc3ccncc3)CC2)n[nH]1. The number of aromatic nitrogens is 4. The Balaban J connectivity index is 1.55. The molecule has 0 unspecified atom stereocenters. The number of rotatable bonds is 3. The molecule has 0 bridgehead atoms. The minimum Gasteiger partial charge on any atom is -0.368 e. The lowest BCUT2D eigenvalue weighted by Gasteiger charge is -2.34. The van der Waals surface area contributed by atoms with Crippen molar-refractivity contribution in [2.75, 3.05) is 36.8 Å². The van der Waals surface area contributed by atoms with Crippen molar-refractivity contribution in [3.63, 3.8) is 0 Å². The Labute approximate surface area is 111 Å². The molecule has 7 heteroatoms. The molecule has 0 atom stereocenters. The molecule has 3 heterocycles. The molecule has 2 aromatic rings. The fourth-order valence-corrected chi connectivity index (χ4v) is 2.26. The van der Waals surface area contributed by atoms with Crippen molar-refractivity contribution in [2.24, 2.45) is 0 Å². The summed E-state index contributed by atoms with van der Waals surface area (Å²) in [6.07, 6.45) is 3.67. The second-order valence-corrected chi connectivity index (χ2v) is 4.64. The van der Waals surface area contributed by atoms with Crippen LogP contribution in [0.3, 0.4) is 0 Å². The molecule has 0 saturated carbocycles. The Bertz CT molecular complexity index is 516. The van der Waals surface area contributed by atoms with E-state index in [1.165, 1.54) is 5.56 Å². The first-order valence-electron chi connectivity index (χ1n) is 6.35. The molecule has 0 aliphatic carbocycles. The van der Waals surface area contributed by atoms with Crippen LogP contribution < -0.4 is 10.6 Å². The van der Waals surface area contributed by atoms with Crippen LogP contribution in [0.4, 0.5) is 11.9 Å². The van der Waals surface area contributed by atoms with Crippen molar-refractivity contribution in [3.05, 3.63) is 30.1 Å². The van der Waals surface area contributed by atoms with E-state index in [1.54, 1.807) is 0 Å². The molecule has 1 aliphatic heterocycles. The summed E-state index contributed by atoms with van der Waals surface area (Å²) in [4.78, 5) is 12.8. The summed E-state index contributed by atoms with van der Waals surface area (Å²) in [5, 5.41) is 6.76. The second kappa shape index (κ2) is 5.23. The van der Waals surface area contributed by atoms with E-state index in [0.717, 1.165) is 32.7 Å². The standard InChI is InChI=1S/C12H17N7/c13-11-15-12(17-16-11)19-7-5-18(6-8-19)9-10-1-3-14-4-2-10/h1-4H,5-9H2,(H3,13,15,16,17). The number of hydrogen-bond donors (Lipinski definition) is 2. The first-order valence-corrected chi connectivity index (χ1v) is 6.35. The van der Waals surface area contributed by atoms with Gasteiger partial charge in [-0.1, -0.05) is 0 Å². The van der Waals surface area contributed by atoms with Crippen LogP contribution in [0.5, 0.6) is 0 Å². The number of nitrogens with two attached hydrogens (primary N) is 1. The van der Waals surface area contributed by atoms with Gasteiger partial charge in [0.2, 0.25) is 11.9 Å². The van der Waals surface area contributed by atoms with Crippen LogP contribution in [-0.2, 0) is 6.54 Å². The van der Waals surface area contributed by atoms with E-state index in [4.69, 9.17) is 5.73 Å². The van der Waals surface area contributed by atoms with Crippen LogP contribution in [0.15, 0.2) is 24.5 Å². The molecule has 0 spiro atoms. The quantitative estimate of drug-likeness (QED) is 0.813. The number of hydrogen-bond acceptors (Lipinski definition) is 6. The lowest BCUT2D eigenvalue weighted by molar-refractivity contribution is 0.248. The third kappa shape index (κ3) is 2.82. The summed E-state index contributed by atoms with van der Waals surface area (Å²) < 4.78 is 0. The Kier molecular flexibility index (Phi) is 3.28. The van der Waals surface area contributed by atoms with E-state index in [9.17, 15) is 0 Å². The van der Waals surface area contributed by atoms with E-state index in [2.05, 4.69) is 42.1 Å². The van der Waals surface area contributed by atoms with Crippen LogP contribution in [0.2, 0.25) is 0 Å². The highest BCUT2D eigenvalue weighted by atomic mass is 15.4. The number of pyridine rings is 1. The molecule has 3 rings (SSSR count). The first kappa shape index (κ1) is 11.9. The Morgan fingerprint density at radius 2 is 1.89 bits per heavy atom. The Morgan fingerprint density at radius 3 is 2.53 bits per heavy atom. The number of nitrogens with zero attached hydrogens (tertiary/aromatic N) is 5. The van der Waals surface area contributed by atoms with Gasteiger partial charge in [0.05, 0.1) is 0 Å². The van der Waals surface area contributed by atoms with Crippen molar-refractivity contribution in [1.29, 1.82) is 0 Å². The van der Waals surface area contributed by atoms with Gasteiger partial charge in [-0.05, 0) is 17.7 Å². The molecule has 0 aromatic carbocycles. The summed E-state index contributed by atoms with van der Waals surface area (Å²) in [5.74, 6) is 1.07. The lowest BCUT2D eigenvalue weighted by Crippen LogP contribution is -2.46. The molecule has 0 amide bonds.